The minimum absolute atomic E-state index is 0.231. The number of pyridine rings is 1. The molecular formula is C27H34N2O3S2. The van der Waals surface area contributed by atoms with Crippen LogP contribution in [0.15, 0.2) is 46.1 Å². The maximum Gasteiger partial charge on any atom is 0.303 e. The molecule has 5 nitrogen and oxygen atoms in total. The average Bonchev–Trinajstić information content (AvgIpc) is 3.24. The number of thiophene rings is 1. The Hall–Kier alpha value is -2.09. The first-order valence-corrected chi connectivity index (χ1v) is 13.9. The van der Waals surface area contributed by atoms with Crippen LogP contribution in [-0.2, 0) is 11.2 Å². The van der Waals surface area contributed by atoms with Gasteiger partial charge in [0.1, 0.15) is 5.75 Å². The maximum absolute atomic E-state index is 11.6. The largest absolute Gasteiger partial charge is 0.497 e. The van der Waals surface area contributed by atoms with Crippen molar-refractivity contribution in [3.63, 3.8) is 0 Å². The second kappa shape index (κ2) is 12.0. The van der Waals surface area contributed by atoms with Gasteiger partial charge in [-0.1, -0.05) is 0 Å². The molecule has 0 unspecified atom stereocenters. The molecule has 0 spiro atoms. The van der Waals surface area contributed by atoms with Crippen molar-refractivity contribution in [3.05, 3.63) is 53.0 Å². The van der Waals surface area contributed by atoms with Crippen LogP contribution >= 0.6 is 23.1 Å². The normalized spacial score (nSPS) is 18.9. The van der Waals surface area contributed by atoms with Crippen LogP contribution in [0, 0.1) is 18.8 Å². The highest BCUT2D eigenvalue weighted by Gasteiger charge is 2.30. The van der Waals surface area contributed by atoms with Gasteiger partial charge in [0.05, 0.1) is 16.8 Å². The van der Waals surface area contributed by atoms with Gasteiger partial charge in [-0.2, -0.15) is 0 Å². The van der Waals surface area contributed by atoms with Gasteiger partial charge < -0.3 is 14.7 Å². The van der Waals surface area contributed by atoms with E-state index >= 15 is 0 Å². The Kier molecular flexibility index (Phi) is 8.86. The van der Waals surface area contributed by atoms with Crippen molar-refractivity contribution in [1.29, 1.82) is 0 Å². The third-order valence-electron chi connectivity index (χ3n) is 6.93. The van der Waals surface area contributed by atoms with E-state index in [9.17, 15) is 9.90 Å². The number of likely N-dealkylation sites (tertiary alicyclic amines) is 1. The summed E-state index contributed by atoms with van der Waals surface area (Å²) in [5, 5.41) is 12.8. The number of hydrogen-bond donors (Lipinski definition) is 1. The Morgan fingerprint density at radius 2 is 2.18 bits per heavy atom. The molecule has 0 bridgehead atoms. The summed E-state index contributed by atoms with van der Waals surface area (Å²) >= 11 is 3.74. The standard InChI is InChI=1S/C27H34N2O3S2/c1-19-10-14-33-27(19)34-15-13-29-12-9-20(22(18-29)16-26(30)31)4-3-5-21-8-11-28-25-7-6-23(32-2)17-24(21)25/h6-8,10-11,14,17,20,22H,3-5,9,12-13,15-16,18H2,1-2H3,(H,30,31)/t20-,22+/m1/s1. The molecule has 2 aromatic heterocycles. The van der Waals surface area contributed by atoms with Crippen LogP contribution in [0.25, 0.3) is 10.9 Å². The van der Waals surface area contributed by atoms with E-state index in [-0.39, 0.29) is 12.3 Å². The number of hydrogen-bond acceptors (Lipinski definition) is 6. The summed E-state index contributed by atoms with van der Waals surface area (Å²) in [7, 11) is 1.69. The van der Waals surface area contributed by atoms with E-state index < -0.39 is 5.97 Å². The number of ether oxygens (including phenoxy) is 1. The highest BCUT2D eigenvalue weighted by atomic mass is 32.2. The number of carboxylic acid groups (broad SMARTS) is 1. The molecule has 1 aliphatic rings. The summed E-state index contributed by atoms with van der Waals surface area (Å²) in [6.45, 7) is 5.16. The average molecular weight is 499 g/mol. The van der Waals surface area contributed by atoms with Crippen molar-refractivity contribution in [1.82, 2.24) is 9.88 Å². The van der Waals surface area contributed by atoms with Crippen molar-refractivity contribution in [2.75, 3.05) is 32.5 Å². The molecule has 0 radical (unpaired) electrons. The SMILES string of the molecule is COc1ccc2nccc(CCC[C@@H]3CCN(CCSc4sccc4C)C[C@@H]3CC(=O)O)c2c1. The maximum atomic E-state index is 11.6. The predicted octanol–water partition coefficient (Wildman–Crippen LogP) is 6.14. The molecule has 3 heterocycles. The van der Waals surface area contributed by atoms with Gasteiger partial charge in [-0.25, -0.2) is 0 Å². The van der Waals surface area contributed by atoms with Crippen LogP contribution in [0.2, 0.25) is 0 Å². The quantitative estimate of drug-likeness (QED) is 0.320. The molecule has 7 heteroatoms. The zero-order valence-corrected chi connectivity index (χ0v) is 21.7. The Morgan fingerprint density at radius 1 is 1.29 bits per heavy atom. The van der Waals surface area contributed by atoms with Crippen molar-refractivity contribution in [2.24, 2.45) is 11.8 Å². The van der Waals surface area contributed by atoms with E-state index in [2.05, 4.69) is 40.4 Å². The van der Waals surface area contributed by atoms with Gasteiger partial charge in [0.25, 0.3) is 0 Å². The zero-order valence-electron chi connectivity index (χ0n) is 20.0. The lowest BCUT2D eigenvalue weighted by molar-refractivity contribution is -0.139. The van der Waals surface area contributed by atoms with Crippen molar-refractivity contribution >= 4 is 40.0 Å². The predicted molar refractivity (Wildman–Crippen MR) is 141 cm³/mol. The fourth-order valence-corrected chi connectivity index (χ4v) is 7.22. The first-order chi connectivity index (χ1) is 16.5. The molecule has 0 saturated carbocycles. The summed E-state index contributed by atoms with van der Waals surface area (Å²) in [6, 6.07) is 10.3. The molecule has 34 heavy (non-hydrogen) atoms. The Bertz CT molecular complexity index is 1100. The Labute approximate surface area is 210 Å². The summed E-state index contributed by atoms with van der Waals surface area (Å²) in [4.78, 5) is 18.5. The number of aromatic nitrogens is 1. The second-order valence-electron chi connectivity index (χ2n) is 9.19. The minimum atomic E-state index is -0.673. The summed E-state index contributed by atoms with van der Waals surface area (Å²) in [6.07, 6.45) is 6.35. The number of fused-ring (bicyclic) bond motifs is 1. The number of rotatable bonds is 11. The van der Waals surface area contributed by atoms with Crippen molar-refractivity contribution in [2.45, 2.75) is 43.2 Å². The van der Waals surface area contributed by atoms with E-state index in [0.717, 1.165) is 67.7 Å². The third kappa shape index (κ3) is 6.52. The highest BCUT2D eigenvalue weighted by molar-refractivity contribution is 8.01. The molecule has 2 atom stereocenters. The van der Waals surface area contributed by atoms with Gasteiger partial charge in [0, 0.05) is 36.8 Å². The Morgan fingerprint density at radius 3 is 2.94 bits per heavy atom. The molecule has 0 aliphatic carbocycles. The smallest absolute Gasteiger partial charge is 0.303 e. The molecule has 1 N–H and O–H groups in total. The van der Waals surface area contributed by atoms with Gasteiger partial charge in [0.15, 0.2) is 0 Å². The lowest BCUT2D eigenvalue weighted by atomic mass is 9.80. The summed E-state index contributed by atoms with van der Waals surface area (Å²) in [5.41, 5.74) is 3.64. The minimum Gasteiger partial charge on any atom is -0.497 e. The number of nitrogens with zero attached hydrogens (tertiary/aromatic N) is 2. The van der Waals surface area contributed by atoms with Gasteiger partial charge in [0.2, 0.25) is 0 Å². The number of thioether (sulfide) groups is 1. The third-order valence-corrected chi connectivity index (χ3v) is 9.35. The number of piperidine rings is 1. The van der Waals surface area contributed by atoms with Crippen LogP contribution in [0.4, 0.5) is 0 Å². The van der Waals surface area contributed by atoms with E-state index in [4.69, 9.17) is 4.74 Å². The summed E-state index contributed by atoms with van der Waals surface area (Å²) < 4.78 is 6.80. The van der Waals surface area contributed by atoms with Crippen LogP contribution in [0.1, 0.15) is 36.8 Å². The lowest BCUT2D eigenvalue weighted by Gasteiger charge is -2.38. The molecule has 1 aliphatic heterocycles. The van der Waals surface area contributed by atoms with E-state index in [1.807, 2.05) is 41.4 Å². The number of aryl methyl sites for hydroxylation is 2. The van der Waals surface area contributed by atoms with Crippen LogP contribution < -0.4 is 4.74 Å². The Balaban J connectivity index is 1.31. The molecule has 1 fully saturated rings. The molecule has 0 amide bonds. The molecule has 1 aromatic carbocycles. The fourth-order valence-electron chi connectivity index (χ4n) is 5.05. The number of aliphatic carboxylic acids is 1. The topological polar surface area (TPSA) is 62.7 Å². The van der Waals surface area contributed by atoms with E-state index in [1.165, 1.54) is 15.3 Å². The summed E-state index contributed by atoms with van der Waals surface area (Å²) in [5.74, 6) is 1.94. The fraction of sp³-hybridized carbons (Fsp3) is 0.481. The van der Waals surface area contributed by atoms with Crippen LogP contribution in [-0.4, -0.2) is 53.5 Å². The number of carbonyl (C=O) groups is 1. The van der Waals surface area contributed by atoms with Gasteiger partial charge >= 0.3 is 5.97 Å². The van der Waals surface area contributed by atoms with E-state index in [0.29, 0.717) is 5.92 Å². The number of methoxy groups -OCH3 is 1. The monoisotopic (exact) mass is 498 g/mol. The lowest BCUT2D eigenvalue weighted by Crippen LogP contribution is -2.42. The first kappa shape index (κ1) is 25.0. The molecule has 1 saturated heterocycles. The molecule has 182 valence electrons. The first-order valence-electron chi connectivity index (χ1n) is 12.1. The van der Waals surface area contributed by atoms with Crippen LogP contribution in [0.3, 0.4) is 0 Å². The molecule has 4 rings (SSSR count). The number of carboxylic acids is 1. The van der Waals surface area contributed by atoms with Crippen LogP contribution in [0.5, 0.6) is 5.75 Å². The molecular weight excluding hydrogens is 464 g/mol. The highest BCUT2D eigenvalue weighted by Crippen LogP contribution is 2.33. The van der Waals surface area contributed by atoms with E-state index in [1.54, 1.807) is 7.11 Å². The van der Waals surface area contributed by atoms with Crippen molar-refractivity contribution < 1.29 is 14.6 Å². The van der Waals surface area contributed by atoms with Gasteiger partial charge in [-0.05, 0) is 97.8 Å². The van der Waals surface area contributed by atoms with Gasteiger partial charge in [-0.15, -0.1) is 23.1 Å². The molecule has 3 aromatic rings. The zero-order chi connectivity index (χ0) is 23.9. The number of benzene rings is 1. The van der Waals surface area contributed by atoms with Crippen molar-refractivity contribution in [3.8, 4) is 5.75 Å². The second-order valence-corrected chi connectivity index (χ2v) is 11.5. The van der Waals surface area contributed by atoms with Gasteiger partial charge in [-0.3, -0.25) is 9.78 Å².